The first-order chi connectivity index (χ1) is 16.8. The number of unbranched alkanes of at least 4 members (excludes halogenated alkanes) is 2. The molecule has 3 N–H and O–H groups in total. The van der Waals surface area contributed by atoms with Crippen molar-refractivity contribution in [1.29, 1.82) is 5.41 Å². The van der Waals surface area contributed by atoms with E-state index in [1.807, 2.05) is 53.2 Å². The minimum absolute atomic E-state index is 0.00891. The van der Waals surface area contributed by atoms with Crippen LogP contribution in [-0.4, -0.2) is 66.7 Å². The number of carbonyl (C=O) groups excluding carboxylic acids is 2. The van der Waals surface area contributed by atoms with Crippen LogP contribution >= 0.6 is 11.8 Å². The molecule has 2 aliphatic heterocycles. The Kier molecular flexibility index (Phi) is 8.13. The van der Waals surface area contributed by atoms with Gasteiger partial charge in [-0.2, -0.15) is 0 Å². The van der Waals surface area contributed by atoms with Gasteiger partial charge >= 0.3 is 0 Å². The fourth-order valence-corrected chi connectivity index (χ4v) is 6.12. The number of benzene rings is 2. The molecular formula is C27H35N5O2S. The largest absolute Gasteiger partial charge is 0.384 e. The number of anilines is 1. The Bertz CT molecular complexity index is 1090. The van der Waals surface area contributed by atoms with Gasteiger partial charge in [0.15, 0.2) is 0 Å². The first kappa shape index (κ1) is 25.3. The predicted octanol–water partition coefficient (Wildman–Crippen LogP) is 3.87. The minimum Gasteiger partial charge on any atom is -0.384 e. The van der Waals surface area contributed by atoms with Crippen LogP contribution in [0.4, 0.5) is 5.69 Å². The Morgan fingerprint density at radius 3 is 2.69 bits per heavy atom. The highest BCUT2D eigenvalue weighted by atomic mass is 32.2. The molecule has 0 aliphatic carbocycles. The lowest BCUT2D eigenvalue weighted by molar-refractivity contribution is -0.129. The summed E-state index contributed by atoms with van der Waals surface area (Å²) >= 11 is 1.57. The summed E-state index contributed by atoms with van der Waals surface area (Å²) in [6, 6.07) is 15.9. The number of amidine groups is 1. The van der Waals surface area contributed by atoms with Gasteiger partial charge in [0.05, 0.1) is 5.69 Å². The average molecular weight is 494 g/mol. The third kappa shape index (κ3) is 5.87. The number of hydrogen-bond acceptors (Lipinski definition) is 5. The van der Waals surface area contributed by atoms with E-state index in [1.165, 1.54) is 0 Å². The number of likely N-dealkylation sites (tertiary alicyclic amines) is 1. The second-order valence-corrected chi connectivity index (χ2v) is 10.6. The monoisotopic (exact) mass is 493 g/mol. The zero-order valence-electron chi connectivity index (χ0n) is 20.6. The summed E-state index contributed by atoms with van der Waals surface area (Å²) in [5, 5.41) is 7.41. The first-order valence-electron chi connectivity index (χ1n) is 12.3. The fraction of sp³-hybridized carbons (Fsp3) is 0.444. The average Bonchev–Trinajstić information content (AvgIpc) is 3.33. The molecule has 35 heavy (non-hydrogen) atoms. The molecule has 0 radical (unpaired) electrons. The highest BCUT2D eigenvalue weighted by Crippen LogP contribution is 2.46. The van der Waals surface area contributed by atoms with E-state index < -0.39 is 0 Å². The molecular weight excluding hydrogens is 458 g/mol. The predicted molar refractivity (Wildman–Crippen MR) is 142 cm³/mol. The quantitative estimate of drug-likeness (QED) is 0.314. The van der Waals surface area contributed by atoms with E-state index in [1.54, 1.807) is 24.8 Å². The molecule has 2 aliphatic rings. The van der Waals surface area contributed by atoms with Crippen LogP contribution in [0.15, 0.2) is 53.4 Å². The van der Waals surface area contributed by atoms with Crippen LogP contribution < -0.4 is 10.6 Å². The Hall–Kier alpha value is -2.84. The smallest absolute Gasteiger partial charge is 0.245 e. The molecule has 186 valence electrons. The number of amides is 2. The lowest BCUT2D eigenvalue weighted by Crippen LogP contribution is -2.38. The number of nitrogens with zero attached hydrogens (tertiary/aromatic N) is 3. The lowest BCUT2D eigenvalue weighted by Gasteiger charge is -2.34. The van der Waals surface area contributed by atoms with Crippen molar-refractivity contribution in [2.24, 2.45) is 5.73 Å². The van der Waals surface area contributed by atoms with Gasteiger partial charge < -0.3 is 20.4 Å². The summed E-state index contributed by atoms with van der Waals surface area (Å²) in [5.74, 6) is 0.228. The Balaban J connectivity index is 1.35. The van der Waals surface area contributed by atoms with Crippen molar-refractivity contribution < 1.29 is 9.59 Å². The van der Waals surface area contributed by atoms with Crippen molar-refractivity contribution in [3.63, 3.8) is 0 Å². The number of likely N-dealkylation sites (N-methyl/N-ethyl adjacent to an activating group) is 1. The number of nitrogens with two attached hydrogens (primary N) is 1. The maximum atomic E-state index is 13.6. The van der Waals surface area contributed by atoms with Crippen LogP contribution in [0.5, 0.6) is 0 Å². The van der Waals surface area contributed by atoms with Gasteiger partial charge in [-0.3, -0.25) is 15.0 Å². The second kappa shape index (κ2) is 11.3. The van der Waals surface area contributed by atoms with Gasteiger partial charge in [-0.05, 0) is 49.6 Å². The topological polar surface area (TPSA) is 93.7 Å². The maximum Gasteiger partial charge on any atom is 0.245 e. The number of rotatable bonds is 9. The Morgan fingerprint density at radius 1 is 1.14 bits per heavy atom. The fourth-order valence-electron chi connectivity index (χ4n) is 4.90. The van der Waals surface area contributed by atoms with E-state index in [0.29, 0.717) is 18.2 Å². The van der Waals surface area contributed by atoms with Crippen molar-refractivity contribution in [2.45, 2.75) is 48.8 Å². The van der Waals surface area contributed by atoms with E-state index >= 15 is 0 Å². The zero-order chi connectivity index (χ0) is 24.9. The van der Waals surface area contributed by atoms with E-state index in [2.05, 4.69) is 11.0 Å². The summed E-state index contributed by atoms with van der Waals surface area (Å²) in [6.45, 7) is 5.34. The normalized spacial score (nSPS) is 20.1. The first-order valence-corrected chi connectivity index (χ1v) is 13.2. The number of para-hydroxylation sites is 1. The molecule has 1 fully saturated rings. The van der Waals surface area contributed by atoms with Crippen LogP contribution in [0, 0.1) is 5.41 Å². The second-order valence-electron chi connectivity index (χ2n) is 9.43. The highest BCUT2D eigenvalue weighted by molar-refractivity contribution is 8.00. The number of fused-ring (bicyclic) bond motifs is 1. The number of thioether (sulfide) groups is 1. The van der Waals surface area contributed by atoms with E-state index in [4.69, 9.17) is 11.1 Å². The summed E-state index contributed by atoms with van der Waals surface area (Å²) < 4.78 is 0. The summed E-state index contributed by atoms with van der Waals surface area (Å²) in [4.78, 5) is 32.5. The highest BCUT2D eigenvalue weighted by Gasteiger charge is 2.34. The molecule has 1 saturated heterocycles. The molecule has 0 aromatic heterocycles. The molecule has 0 bridgehead atoms. The third-order valence-electron chi connectivity index (χ3n) is 7.04. The minimum atomic E-state index is -0.344. The van der Waals surface area contributed by atoms with Gasteiger partial charge in [-0.25, -0.2) is 0 Å². The number of nitrogen functional groups attached to an aromatic ring is 1. The molecule has 2 unspecified atom stereocenters. The third-order valence-corrected chi connectivity index (χ3v) is 8.35. The molecule has 2 atom stereocenters. The SMILES string of the molecule is CC(=O)N(C)C1CCN(CCCCCN2C(=O)C(c3cccc(C(=N)N)c3)Sc3ccccc32)C1. The molecule has 8 heteroatoms. The summed E-state index contributed by atoms with van der Waals surface area (Å²) in [5.41, 5.74) is 8.19. The Labute approximate surface area is 212 Å². The molecule has 0 saturated carbocycles. The molecule has 0 spiro atoms. The van der Waals surface area contributed by atoms with Gasteiger partial charge in [0.25, 0.3) is 0 Å². The van der Waals surface area contributed by atoms with Crippen LogP contribution in [0.1, 0.15) is 49.0 Å². The van der Waals surface area contributed by atoms with E-state index in [0.717, 1.165) is 61.5 Å². The van der Waals surface area contributed by atoms with Gasteiger partial charge in [-0.1, -0.05) is 36.8 Å². The molecule has 2 heterocycles. The van der Waals surface area contributed by atoms with Gasteiger partial charge in [0, 0.05) is 50.1 Å². The van der Waals surface area contributed by atoms with Crippen LogP contribution in [-0.2, 0) is 9.59 Å². The molecule has 2 aromatic carbocycles. The standard InChI is InChI=1S/C27H35N5O2S/c1-19(33)30(2)22-13-16-31(18-22)14-6-3-7-15-32-23-11-4-5-12-24(23)35-25(27(32)34)20-9-8-10-21(17-20)26(28)29/h4-5,8-12,17,22,25H,3,6-7,13-16,18H2,1-2H3,(H3,28,29). The van der Waals surface area contributed by atoms with Crippen LogP contribution in [0.25, 0.3) is 0 Å². The van der Waals surface area contributed by atoms with Crippen LogP contribution in [0.3, 0.4) is 0 Å². The van der Waals surface area contributed by atoms with Gasteiger partial charge in [-0.15, -0.1) is 11.8 Å². The summed E-state index contributed by atoms with van der Waals surface area (Å²) in [7, 11) is 1.89. The van der Waals surface area contributed by atoms with Gasteiger partial charge in [0.2, 0.25) is 11.8 Å². The number of carbonyl (C=O) groups is 2. The van der Waals surface area contributed by atoms with Gasteiger partial charge in [0.1, 0.15) is 11.1 Å². The Morgan fingerprint density at radius 2 is 1.91 bits per heavy atom. The molecule has 2 amide bonds. The van der Waals surface area contributed by atoms with Crippen molar-refractivity contribution >= 4 is 35.1 Å². The number of hydrogen-bond donors (Lipinski definition) is 2. The molecule has 2 aromatic rings. The van der Waals surface area contributed by atoms with Crippen molar-refractivity contribution in [1.82, 2.24) is 9.80 Å². The van der Waals surface area contributed by atoms with E-state index in [9.17, 15) is 9.59 Å². The van der Waals surface area contributed by atoms with Crippen LogP contribution in [0.2, 0.25) is 0 Å². The molecule has 4 rings (SSSR count). The van der Waals surface area contributed by atoms with Crippen molar-refractivity contribution in [3.05, 3.63) is 59.7 Å². The molecule has 7 nitrogen and oxygen atoms in total. The lowest BCUT2D eigenvalue weighted by atomic mass is 10.1. The number of nitrogens with one attached hydrogen (secondary N) is 1. The van der Waals surface area contributed by atoms with Crippen molar-refractivity contribution in [3.8, 4) is 0 Å². The summed E-state index contributed by atoms with van der Waals surface area (Å²) in [6.07, 6.45) is 4.11. The zero-order valence-corrected chi connectivity index (χ0v) is 21.4. The maximum absolute atomic E-state index is 13.6. The van der Waals surface area contributed by atoms with Crippen molar-refractivity contribution in [2.75, 3.05) is 38.1 Å². The van der Waals surface area contributed by atoms with E-state index in [-0.39, 0.29) is 22.9 Å².